The Bertz CT molecular complexity index is 985. The molecule has 3 aromatic heterocycles. The summed E-state index contributed by atoms with van der Waals surface area (Å²) in [6, 6.07) is 10.2. The van der Waals surface area contributed by atoms with Crippen LogP contribution in [-0.2, 0) is 5.75 Å². The number of fused-ring (bicyclic) bond motifs is 1. The van der Waals surface area contributed by atoms with Crippen molar-refractivity contribution in [3.8, 4) is 0 Å². The molecule has 4 rings (SSSR count). The molecule has 0 saturated heterocycles. The van der Waals surface area contributed by atoms with Gasteiger partial charge in [-0.05, 0) is 18.6 Å². The maximum atomic E-state index is 4.58. The Morgan fingerprint density at radius 1 is 1.04 bits per heavy atom. The largest absolute Gasteiger partial charge is 0.234 e. The Morgan fingerprint density at radius 3 is 2.71 bits per heavy atom. The van der Waals surface area contributed by atoms with Crippen molar-refractivity contribution in [3.63, 3.8) is 0 Å². The van der Waals surface area contributed by atoms with Crippen LogP contribution < -0.4 is 0 Å². The quantitative estimate of drug-likeness (QED) is 0.496. The Morgan fingerprint density at radius 2 is 1.92 bits per heavy atom. The predicted octanol–water partition coefficient (Wildman–Crippen LogP) is 3.81. The minimum Gasteiger partial charge on any atom is -0.186 e. The van der Waals surface area contributed by atoms with Crippen LogP contribution in [-0.4, -0.2) is 30.0 Å². The van der Waals surface area contributed by atoms with Crippen LogP contribution in [0.25, 0.3) is 17.1 Å². The van der Waals surface area contributed by atoms with Gasteiger partial charge in [-0.1, -0.05) is 70.8 Å². The molecule has 0 fully saturated rings. The topological polar surface area (TPSA) is 68.9 Å². The smallest absolute Gasteiger partial charge is 0.186 e. The lowest BCUT2D eigenvalue weighted by Gasteiger charge is -1.93. The van der Waals surface area contributed by atoms with Gasteiger partial charge in [0.2, 0.25) is 4.96 Å². The molecule has 6 nitrogen and oxygen atoms in total. The summed E-state index contributed by atoms with van der Waals surface area (Å²) in [7, 11) is 0. The zero-order chi connectivity index (χ0) is 16.4. The summed E-state index contributed by atoms with van der Waals surface area (Å²) in [6.45, 7) is 1.95. The number of rotatable bonds is 5. The fraction of sp³-hybridized carbons (Fsp3) is 0.133. The van der Waals surface area contributed by atoms with Crippen molar-refractivity contribution in [1.29, 1.82) is 0 Å². The van der Waals surface area contributed by atoms with E-state index in [4.69, 9.17) is 0 Å². The highest BCUT2D eigenvalue weighted by Gasteiger charge is 2.12. The van der Waals surface area contributed by atoms with Crippen LogP contribution in [0.1, 0.15) is 21.4 Å². The maximum absolute atomic E-state index is 4.58. The highest BCUT2D eigenvalue weighted by atomic mass is 32.2. The normalized spacial score (nSPS) is 11.7. The van der Waals surface area contributed by atoms with E-state index < -0.39 is 0 Å². The average Bonchev–Trinajstić information content (AvgIpc) is 3.28. The monoisotopic (exact) mass is 372 g/mol. The van der Waals surface area contributed by atoms with Crippen molar-refractivity contribution in [2.75, 3.05) is 0 Å². The van der Waals surface area contributed by atoms with E-state index in [2.05, 4.69) is 37.6 Å². The van der Waals surface area contributed by atoms with Crippen molar-refractivity contribution in [3.05, 3.63) is 51.7 Å². The number of aromatic nitrogens is 6. The third-order valence-electron chi connectivity index (χ3n) is 3.12. The molecule has 0 amide bonds. The SMILES string of the molecule is Cc1nnc(SCc2nnc3sc(/C=C/c4ccccc4)nn23)s1. The van der Waals surface area contributed by atoms with Crippen molar-refractivity contribution in [2.24, 2.45) is 0 Å². The molecular weight excluding hydrogens is 360 g/mol. The first-order valence-corrected chi connectivity index (χ1v) is 9.77. The van der Waals surface area contributed by atoms with E-state index in [0.717, 1.165) is 30.7 Å². The molecule has 0 N–H and O–H groups in total. The van der Waals surface area contributed by atoms with Gasteiger partial charge in [0.1, 0.15) is 10.0 Å². The van der Waals surface area contributed by atoms with Crippen molar-refractivity contribution in [1.82, 2.24) is 30.0 Å². The Hall–Kier alpha value is -2.10. The number of thioether (sulfide) groups is 1. The molecule has 9 heteroatoms. The molecular formula is C15H12N6S3. The molecule has 1 aromatic carbocycles. The van der Waals surface area contributed by atoms with Gasteiger partial charge in [0.25, 0.3) is 0 Å². The van der Waals surface area contributed by atoms with Gasteiger partial charge in [0.15, 0.2) is 10.2 Å². The van der Waals surface area contributed by atoms with Gasteiger partial charge in [-0.2, -0.15) is 9.61 Å². The highest BCUT2D eigenvalue weighted by Crippen LogP contribution is 2.26. The van der Waals surface area contributed by atoms with E-state index in [0.29, 0.717) is 5.75 Å². The zero-order valence-electron chi connectivity index (χ0n) is 12.7. The number of nitrogens with zero attached hydrogens (tertiary/aromatic N) is 6. The van der Waals surface area contributed by atoms with Crippen LogP contribution in [0.5, 0.6) is 0 Å². The van der Waals surface area contributed by atoms with Crippen LogP contribution in [0.3, 0.4) is 0 Å². The number of hydrogen-bond acceptors (Lipinski definition) is 8. The lowest BCUT2D eigenvalue weighted by Crippen LogP contribution is -1.93. The van der Waals surface area contributed by atoms with Crippen LogP contribution in [0.15, 0.2) is 34.7 Å². The summed E-state index contributed by atoms with van der Waals surface area (Å²) in [5, 5.41) is 23.0. The van der Waals surface area contributed by atoms with Gasteiger partial charge in [0, 0.05) is 0 Å². The molecule has 0 unspecified atom stereocenters. The average molecular weight is 373 g/mol. The lowest BCUT2D eigenvalue weighted by molar-refractivity contribution is 0.879. The van der Waals surface area contributed by atoms with Crippen LogP contribution >= 0.6 is 34.4 Å². The molecule has 0 aliphatic heterocycles. The summed E-state index contributed by atoms with van der Waals surface area (Å²) >= 11 is 4.70. The lowest BCUT2D eigenvalue weighted by atomic mass is 10.2. The van der Waals surface area contributed by atoms with Crippen LogP contribution in [0.2, 0.25) is 0 Å². The summed E-state index contributed by atoms with van der Waals surface area (Å²) in [4.78, 5) is 0.798. The molecule has 0 saturated carbocycles. The van der Waals surface area contributed by atoms with Crippen LogP contribution in [0.4, 0.5) is 0 Å². The van der Waals surface area contributed by atoms with E-state index >= 15 is 0 Å². The predicted molar refractivity (Wildman–Crippen MR) is 98.2 cm³/mol. The third-order valence-corrected chi connectivity index (χ3v) is 5.95. The summed E-state index contributed by atoms with van der Waals surface area (Å²) in [6.07, 6.45) is 4.05. The highest BCUT2D eigenvalue weighted by molar-refractivity contribution is 8.00. The standard InChI is InChI=1S/C15H12N6S3/c1-10-16-19-15(23-10)22-9-12-17-18-14-21(12)20-13(24-14)8-7-11-5-3-2-4-6-11/h2-8H,9H2,1H3/b8-7+. The minimum atomic E-state index is 0.668. The number of aryl methyl sites for hydroxylation is 1. The second-order valence-corrected chi connectivity index (χ2v) is 8.26. The zero-order valence-corrected chi connectivity index (χ0v) is 15.1. The molecule has 24 heavy (non-hydrogen) atoms. The van der Waals surface area contributed by atoms with Crippen LogP contribution in [0, 0.1) is 6.92 Å². The molecule has 0 aliphatic rings. The molecule has 0 radical (unpaired) electrons. The van der Waals surface area contributed by atoms with E-state index in [1.807, 2.05) is 37.3 Å². The van der Waals surface area contributed by atoms with Gasteiger partial charge in [-0.25, -0.2) is 0 Å². The fourth-order valence-corrected chi connectivity index (χ4v) is 4.51. The van der Waals surface area contributed by atoms with Gasteiger partial charge >= 0.3 is 0 Å². The summed E-state index contributed by atoms with van der Waals surface area (Å²) in [5.41, 5.74) is 1.14. The van der Waals surface area contributed by atoms with Crippen molar-refractivity contribution >= 4 is 51.5 Å². The summed E-state index contributed by atoms with van der Waals surface area (Å²) < 4.78 is 2.74. The van der Waals surface area contributed by atoms with Gasteiger partial charge in [-0.3, -0.25) is 0 Å². The van der Waals surface area contributed by atoms with E-state index in [1.165, 1.54) is 11.3 Å². The second-order valence-electron chi connectivity index (χ2n) is 4.87. The van der Waals surface area contributed by atoms with Gasteiger partial charge < -0.3 is 0 Å². The number of benzene rings is 1. The minimum absolute atomic E-state index is 0.668. The Labute approximate surface area is 150 Å². The summed E-state index contributed by atoms with van der Waals surface area (Å²) in [5.74, 6) is 1.49. The first-order chi connectivity index (χ1) is 11.8. The molecule has 3 heterocycles. The third kappa shape index (κ3) is 3.37. The van der Waals surface area contributed by atoms with E-state index in [1.54, 1.807) is 27.6 Å². The molecule has 0 atom stereocenters. The van der Waals surface area contributed by atoms with Gasteiger partial charge in [0.05, 0.1) is 5.75 Å². The first-order valence-electron chi connectivity index (χ1n) is 7.15. The van der Waals surface area contributed by atoms with Crippen molar-refractivity contribution in [2.45, 2.75) is 17.0 Å². The van der Waals surface area contributed by atoms with Crippen molar-refractivity contribution < 1.29 is 0 Å². The van der Waals surface area contributed by atoms with E-state index in [-0.39, 0.29) is 0 Å². The Kier molecular flexibility index (Phi) is 4.37. The molecule has 0 bridgehead atoms. The van der Waals surface area contributed by atoms with Gasteiger partial charge in [-0.15, -0.1) is 20.4 Å². The molecule has 4 aromatic rings. The second kappa shape index (κ2) is 6.80. The number of hydrogen-bond donors (Lipinski definition) is 0. The van der Waals surface area contributed by atoms with E-state index in [9.17, 15) is 0 Å². The molecule has 120 valence electrons. The maximum Gasteiger partial charge on any atom is 0.234 e. The fourth-order valence-electron chi connectivity index (χ4n) is 2.02. The first kappa shape index (κ1) is 15.4. The Balaban J connectivity index is 1.51. The molecule has 0 aliphatic carbocycles. The molecule has 0 spiro atoms.